The Bertz CT molecular complexity index is 1110. The van der Waals surface area contributed by atoms with Crippen LogP contribution in [0.25, 0.3) is 0 Å². The number of rotatable bonds is 2. The van der Waals surface area contributed by atoms with Crippen LogP contribution in [0.3, 0.4) is 0 Å². The van der Waals surface area contributed by atoms with Crippen LogP contribution in [-0.2, 0) is 19.7 Å². The molecule has 0 aliphatic rings. The second-order valence-electron chi connectivity index (χ2n) is 5.25. The number of anilines is 2. The van der Waals surface area contributed by atoms with Crippen molar-refractivity contribution >= 4 is 62.9 Å². The number of hydrogen-bond acceptors (Lipinski definition) is 6. The maximum atomic E-state index is 12.2. The molecule has 168 valence electrons. The van der Waals surface area contributed by atoms with Gasteiger partial charge in [-0.1, -0.05) is 6.07 Å². The Balaban J connectivity index is 0.000000300. The fraction of sp³-hybridized carbons (Fsp3) is 0.143. The van der Waals surface area contributed by atoms with Gasteiger partial charge in [-0.2, -0.15) is 26.3 Å². The molecule has 0 fully saturated rings. The number of benzene rings is 2. The van der Waals surface area contributed by atoms with Gasteiger partial charge in [0, 0.05) is 15.8 Å². The lowest BCUT2D eigenvalue weighted by atomic mass is 10.3. The zero-order valence-electron chi connectivity index (χ0n) is 14.1. The van der Waals surface area contributed by atoms with Gasteiger partial charge in [-0.05, 0) is 62.2 Å². The summed E-state index contributed by atoms with van der Waals surface area (Å²) in [4.78, 5) is -1.76. The Morgan fingerprint density at radius 2 is 1.20 bits per heavy atom. The summed E-state index contributed by atoms with van der Waals surface area (Å²) in [6, 6.07) is 6.46. The topological polar surface area (TPSA) is 120 Å². The van der Waals surface area contributed by atoms with Gasteiger partial charge in [-0.15, -0.1) is 0 Å². The normalized spacial score (nSPS) is 12.8. The Hall–Kier alpha value is -1.52. The molecule has 6 nitrogen and oxygen atoms in total. The Morgan fingerprint density at radius 1 is 0.733 bits per heavy atom. The molecular formula is C14H10Br2F6N2O4S2. The van der Waals surface area contributed by atoms with Crippen LogP contribution in [0.5, 0.6) is 0 Å². The first kappa shape index (κ1) is 26.5. The van der Waals surface area contributed by atoms with Gasteiger partial charge in [0.25, 0.3) is 19.7 Å². The third-order valence-electron chi connectivity index (χ3n) is 3.14. The predicted molar refractivity (Wildman–Crippen MR) is 104 cm³/mol. The second-order valence-corrected chi connectivity index (χ2v) is 10.7. The highest BCUT2D eigenvalue weighted by atomic mass is 79.9. The average molecular weight is 608 g/mol. The highest BCUT2D eigenvalue weighted by molar-refractivity contribution is 9.11. The number of nitrogen functional groups attached to an aromatic ring is 2. The molecule has 0 radical (unpaired) electrons. The highest BCUT2D eigenvalue weighted by Crippen LogP contribution is 2.37. The van der Waals surface area contributed by atoms with Crippen molar-refractivity contribution in [3.05, 3.63) is 45.3 Å². The number of nitrogens with two attached hydrogens (primary N) is 2. The Kier molecular flexibility index (Phi) is 7.88. The molecule has 0 atom stereocenters. The molecule has 0 heterocycles. The first-order valence-electron chi connectivity index (χ1n) is 7.05. The molecule has 4 N–H and O–H groups in total. The number of sulfone groups is 2. The van der Waals surface area contributed by atoms with Crippen LogP contribution in [0, 0.1) is 0 Å². The molecular weight excluding hydrogens is 598 g/mol. The van der Waals surface area contributed by atoms with Crippen molar-refractivity contribution in [1.29, 1.82) is 0 Å². The van der Waals surface area contributed by atoms with Crippen molar-refractivity contribution in [2.24, 2.45) is 0 Å². The van der Waals surface area contributed by atoms with Gasteiger partial charge < -0.3 is 11.5 Å². The average Bonchev–Trinajstić information content (AvgIpc) is 2.57. The van der Waals surface area contributed by atoms with Crippen LogP contribution in [0.1, 0.15) is 0 Å². The minimum atomic E-state index is -5.36. The van der Waals surface area contributed by atoms with Gasteiger partial charge in [0.15, 0.2) is 0 Å². The van der Waals surface area contributed by atoms with Crippen molar-refractivity contribution < 1.29 is 43.2 Å². The van der Waals surface area contributed by atoms with Gasteiger partial charge >= 0.3 is 11.0 Å². The summed E-state index contributed by atoms with van der Waals surface area (Å²) in [5.74, 6) is 0. The van der Waals surface area contributed by atoms with Crippen molar-refractivity contribution in [3.8, 4) is 0 Å². The molecule has 2 aromatic carbocycles. The molecule has 0 aliphatic carbocycles. The fourth-order valence-corrected chi connectivity index (χ4v) is 5.23. The smallest absolute Gasteiger partial charge is 0.399 e. The van der Waals surface area contributed by atoms with E-state index in [1.165, 1.54) is 12.1 Å². The standard InChI is InChI=1S/2C7H5BrF3NO2S/c8-5-2-1-4(12)3-6(5)15(13,14)7(9,10)11;8-6-4(12)2-1-3-5(6)15(13,14)7(9,10)11/h2*1-3H,12H2. The van der Waals surface area contributed by atoms with Crippen LogP contribution in [0.4, 0.5) is 37.7 Å². The van der Waals surface area contributed by atoms with E-state index >= 15 is 0 Å². The van der Waals surface area contributed by atoms with Gasteiger partial charge in [0.05, 0.1) is 14.3 Å². The molecule has 0 saturated heterocycles. The van der Waals surface area contributed by atoms with Crippen LogP contribution < -0.4 is 11.5 Å². The second kappa shape index (κ2) is 8.92. The zero-order chi connectivity index (χ0) is 23.7. The summed E-state index contributed by atoms with van der Waals surface area (Å²) >= 11 is 5.43. The van der Waals surface area contributed by atoms with E-state index in [4.69, 9.17) is 11.5 Å². The minimum absolute atomic E-state index is 0.0546. The molecule has 0 bridgehead atoms. The van der Waals surface area contributed by atoms with E-state index in [1.54, 1.807) is 0 Å². The fourth-order valence-electron chi connectivity index (χ4n) is 1.71. The highest BCUT2D eigenvalue weighted by Gasteiger charge is 2.48. The van der Waals surface area contributed by atoms with Gasteiger partial charge in [-0.3, -0.25) is 0 Å². The van der Waals surface area contributed by atoms with Gasteiger partial charge in [0.1, 0.15) is 0 Å². The monoisotopic (exact) mass is 606 g/mol. The largest absolute Gasteiger partial charge is 0.501 e. The summed E-state index contributed by atoms with van der Waals surface area (Å²) in [6.45, 7) is 0. The van der Waals surface area contributed by atoms with E-state index in [0.717, 1.165) is 24.3 Å². The number of hydrogen-bond donors (Lipinski definition) is 2. The third-order valence-corrected chi connectivity index (χ3v) is 8.29. The quantitative estimate of drug-likeness (QED) is 0.379. The van der Waals surface area contributed by atoms with Crippen molar-refractivity contribution in [2.45, 2.75) is 20.8 Å². The number of alkyl halides is 6. The maximum absolute atomic E-state index is 12.2. The lowest BCUT2D eigenvalue weighted by Crippen LogP contribution is -2.23. The molecule has 0 amide bonds. The molecule has 30 heavy (non-hydrogen) atoms. The van der Waals surface area contributed by atoms with E-state index in [9.17, 15) is 43.2 Å². The zero-order valence-corrected chi connectivity index (χ0v) is 18.9. The first-order chi connectivity index (χ1) is 13.3. The molecule has 2 aromatic rings. The van der Waals surface area contributed by atoms with Gasteiger partial charge in [0.2, 0.25) is 0 Å². The van der Waals surface area contributed by atoms with Gasteiger partial charge in [-0.25, -0.2) is 16.8 Å². The van der Waals surface area contributed by atoms with Crippen LogP contribution in [0.15, 0.2) is 55.1 Å². The van der Waals surface area contributed by atoms with E-state index in [1.807, 2.05) is 0 Å². The molecule has 0 spiro atoms. The molecule has 16 heteroatoms. The van der Waals surface area contributed by atoms with E-state index in [0.29, 0.717) is 0 Å². The minimum Gasteiger partial charge on any atom is -0.399 e. The lowest BCUT2D eigenvalue weighted by molar-refractivity contribution is -0.0442. The lowest BCUT2D eigenvalue weighted by Gasteiger charge is -2.10. The third kappa shape index (κ3) is 5.59. The van der Waals surface area contributed by atoms with E-state index < -0.39 is 40.5 Å². The Labute approximate surface area is 183 Å². The Morgan fingerprint density at radius 3 is 1.67 bits per heavy atom. The molecule has 2 rings (SSSR count). The summed E-state index contributed by atoms with van der Waals surface area (Å²) in [5, 5.41) is 0. The van der Waals surface area contributed by atoms with Crippen molar-refractivity contribution in [1.82, 2.24) is 0 Å². The van der Waals surface area contributed by atoms with Crippen LogP contribution >= 0.6 is 31.9 Å². The summed E-state index contributed by atoms with van der Waals surface area (Å²) in [7, 11) is -10.7. The maximum Gasteiger partial charge on any atom is 0.501 e. The first-order valence-corrected chi connectivity index (χ1v) is 11.6. The van der Waals surface area contributed by atoms with Crippen molar-refractivity contribution in [2.75, 3.05) is 11.5 Å². The SMILES string of the molecule is Nc1ccc(Br)c(S(=O)(=O)C(F)(F)F)c1.Nc1cccc(S(=O)(=O)C(F)(F)F)c1Br. The van der Waals surface area contributed by atoms with Crippen molar-refractivity contribution in [3.63, 3.8) is 0 Å². The molecule has 0 aromatic heterocycles. The van der Waals surface area contributed by atoms with E-state index in [2.05, 4.69) is 31.9 Å². The molecule has 0 unspecified atom stereocenters. The van der Waals surface area contributed by atoms with Crippen LogP contribution in [-0.4, -0.2) is 27.9 Å². The predicted octanol–water partition coefficient (Wildman–Crippen LogP) is 4.65. The summed E-state index contributed by atoms with van der Waals surface area (Å²) in [5.41, 5.74) is -0.287. The molecule has 0 aliphatic heterocycles. The number of halogens is 8. The molecule has 0 saturated carbocycles. The summed E-state index contributed by atoms with van der Waals surface area (Å²) < 4.78 is 117. The van der Waals surface area contributed by atoms with E-state index in [-0.39, 0.29) is 20.3 Å². The summed E-state index contributed by atoms with van der Waals surface area (Å²) in [6.07, 6.45) is 0. The van der Waals surface area contributed by atoms with Crippen LogP contribution in [0.2, 0.25) is 0 Å².